The average Bonchev–Trinajstić information content (AvgIpc) is 2.96. The molecule has 2 N–H and O–H groups in total. The first-order valence-corrected chi connectivity index (χ1v) is 7.89. The van der Waals surface area contributed by atoms with Crippen molar-refractivity contribution in [3.05, 3.63) is 53.9 Å². The third kappa shape index (κ3) is 4.55. The summed E-state index contributed by atoms with van der Waals surface area (Å²) in [7, 11) is 1.82. The van der Waals surface area contributed by atoms with Gasteiger partial charge in [0.25, 0.3) is 0 Å². The summed E-state index contributed by atoms with van der Waals surface area (Å²) in [6.07, 6.45) is 6.48. The zero-order valence-electron chi connectivity index (χ0n) is 13.6. The van der Waals surface area contributed by atoms with Gasteiger partial charge >= 0.3 is 6.03 Å². The molecule has 0 saturated carbocycles. The van der Waals surface area contributed by atoms with Crippen LogP contribution in [0.25, 0.3) is 0 Å². The van der Waals surface area contributed by atoms with Crippen molar-refractivity contribution in [3.8, 4) is 0 Å². The van der Waals surface area contributed by atoms with Gasteiger partial charge < -0.3 is 15.2 Å². The van der Waals surface area contributed by atoms with Crippen LogP contribution in [0, 0.1) is 5.82 Å². The Labute approximate surface area is 135 Å². The summed E-state index contributed by atoms with van der Waals surface area (Å²) in [6, 6.07) is 5.45. The van der Waals surface area contributed by atoms with E-state index in [1.807, 2.05) is 7.05 Å². The first-order valence-electron chi connectivity index (χ1n) is 7.89. The maximum atomic E-state index is 14.2. The minimum absolute atomic E-state index is 0.322. The van der Waals surface area contributed by atoms with Crippen LogP contribution >= 0.6 is 0 Å². The van der Waals surface area contributed by atoms with Gasteiger partial charge in [-0.2, -0.15) is 0 Å². The number of hydrogen-bond donors (Lipinski definition) is 2. The van der Waals surface area contributed by atoms with Crippen molar-refractivity contribution >= 4 is 6.03 Å². The number of carbonyl (C=O) groups excluding carboxylic acids is 1. The first kappa shape index (κ1) is 17.0. The quantitative estimate of drug-likeness (QED) is 0.771. The lowest BCUT2D eigenvalue weighted by molar-refractivity contribution is 0.237. The Morgan fingerprint density at radius 2 is 2.13 bits per heavy atom. The molecule has 0 aliphatic rings. The molecule has 0 aliphatic heterocycles. The zero-order valence-corrected chi connectivity index (χ0v) is 13.6. The van der Waals surface area contributed by atoms with Gasteiger partial charge in [-0.15, -0.1) is 0 Å². The van der Waals surface area contributed by atoms with E-state index in [2.05, 4.69) is 22.5 Å². The topological polar surface area (TPSA) is 59.0 Å². The number of aromatic nitrogens is 2. The molecule has 1 aromatic carbocycles. The summed E-state index contributed by atoms with van der Waals surface area (Å²) in [4.78, 5) is 16.4. The lowest BCUT2D eigenvalue weighted by Gasteiger charge is -2.20. The van der Waals surface area contributed by atoms with Gasteiger partial charge in [-0.1, -0.05) is 38.0 Å². The lowest BCUT2D eigenvalue weighted by Crippen LogP contribution is -2.39. The van der Waals surface area contributed by atoms with Crippen LogP contribution in [0.1, 0.15) is 43.6 Å². The van der Waals surface area contributed by atoms with Crippen LogP contribution in [0.2, 0.25) is 0 Å². The van der Waals surface area contributed by atoms with Crippen molar-refractivity contribution < 1.29 is 9.18 Å². The van der Waals surface area contributed by atoms with E-state index in [0.29, 0.717) is 17.9 Å². The predicted octanol–water partition coefficient (Wildman–Crippen LogP) is 3.14. The number of amides is 2. The number of imidazole rings is 1. The molecule has 23 heavy (non-hydrogen) atoms. The van der Waals surface area contributed by atoms with E-state index in [0.717, 1.165) is 19.3 Å². The second-order valence-electron chi connectivity index (χ2n) is 5.46. The molecule has 2 amide bonds. The largest absolute Gasteiger partial charge is 0.338 e. The molecule has 0 saturated heterocycles. The van der Waals surface area contributed by atoms with Crippen LogP contribution in [0.5, 0.6) is 0 Å². The molecule has 124 valence electrons. The van der Waals surface area contributed by atoms with E-state index in [4.69, 9.17) is 0 Å². The van der Waals surface area contributed by atoms with Gasteiger partial charge in [0, 0.05) is 31.5 Å². The Morgan fingerprint density at radius 3 is 2.78 bits per heavy atom. The molecule has 1 heterocycles. The molecular weight excluding hydrogens is 295 g/mol. The Kier molecular flexibility index (Phi) is 6.14. The Balaban J connectivity index is 2.14. The van der Waals surface area contributed by atoms with E-state index >= 15 is 0 Å². The van der Waals surface area contributed by atoms with E-state index < -0.39 is 6.04 Å². The SMILES string of the molecule is CCCCCNC(=O)N[C@H](c1ccccc1F)c1nccn1C. The fraction of sp³-hybridized carbons (Fsp3) is 0.412. The summed E-state index contributed by atoms with van der Waals surface area (Å²) in [5, 5.41) is 5.63. The zero-order chi connectivity index (χ0) is 16.7. The van der Waals surface area contributed by atoms with Crippen molar-refractivity contribution in [3.63, 3.8) is 0 Å². The molecule has 1 atom stereocenters. The molecule has 2 aromatic rings. The summed E-state index contributed by atoms with van der Waals surface area (Å²) in [6.45, 7) is 2.71. The first-order chi connectivity index (χ1) is 11.1. The number of aryl methyl sites for hydroxylation is 1. The third-order valence-corrected chi connectivity index (χ3v) is 3.67. The van der Waals surface area contributed by atoms with Gasteiger partial charge in [-0.05, 0) is 12.5 Å². The third-order valence-electron chi connectivity index (χ3n) is 3.67. The highest BCUT2D eigenvalue weighted by atomic mass is 19.1. The van der Waals surface area contributed by atoms with Crippen LogP contribution in [0.15, 0.2) is 36.7 Å². The number of carbonyl (C=O) groups is 1. The van der Waals surface area contributed by atoms with Crippen molar-refractivity contribution in [2.45, 2.75) is 32.2 Å². The van der Waals surface area contributed by atoms with Gasteiger partial charge in [-0.3, -0.25) is 0 Å². The second-order valence-corrected chi connectivity index (χ2v) is 5.46. The molecule has 6 heteroatoms. The second kappa shape index (κ2) is 8.31. The normalized spacial score (nSPS) is 12.0. The summed E-state index contributed by atoms with van der Waals surface area (Å²) >= 11 is 0. The number of nitrogens with zero attached hydrogens (tertiary/aromatic N) is 2. The molecule has 1 aromatic heterocycles. The molecule has 2 rings (SSSR count). The number of rotatable bonds is 7. The Bertz CT molecular complexity index is 641. The fourth-order valence-corrected chi connectivity index (χ4v) is 2.40. The highest BCUT2D eigenvalue weighted by Crippen LogP contribution is 2.22. The number of benzene rings is 1. The van der Waals surface area contributed by atoms with E-state index in [1.165, 1.54) is 6.07 Å². The van der Waals surface area contributed by atoms with Gasteiger partial charge in [0.05, 0.1) is 0 Å². The molecule has 0 fully saturated rings. The molecule has 0 radical (unpaired) electrons. The van der Waals surface area contributed by atoms with Crippen molar-refractivity contribution in [1.29, 1.82) is 0 Å². The van der Waals surface area contributed by atoms with Crippen LogP contribution < -0.4 is 10.6 Å². The van der Waals surface area contributed by atoms with Crippen LogP contribution in [0.3, 0.4) is 0 Å². The van der Waals surface area contributed by atoms with E-state index in [1.54, 1.807) is 35.2 Å². The number of hydrogen-bond acceptors (Lipinski definition) is 2. The summed E-state index contributed by atoms with van der Waals surface area (Å²) < 4.78 is 15.9. The smallest absolute Gasteiger partial charge is 0.315 e. The van der Waals surface area contributed by atoms with Gasteiger partial charge in [0.2, 0.25) is 0 Å². The van der Waals surface area contributed by atoms with Crippen LogP contribution in [-0.2, 0) is 7.05 Å². The lowest BCUT2D eigenvalue weighted by atomic mass is 10.1. The summed E-state index contributed by atoms with van der Waals surface area (Å²) in [5.74, 6) is 0.214. The minimum atomic E-state index is -0.637. The van der Waals surface area contributed by atoms with Crippen molar-refractivity contribution in [2.24, 2.45) is 7.05 Å². The standard InChI is InChI=1S/C17H23FN4O/c1-3-4-7-10-20-17(23)21-15(16-19-11-12-22(16)2)13-8-5-6-9-14(13)18/h5-6,8-9,11-12,15H,3-4,7,10H2,1-2H3,(H2,20,21,23)/t15-/m1/s1. The monoisotopic (exact) mass is 318 g/mol. The Hall–Kier alpha value is -2.37. The molecule has 0 bridgehead atoms. The van der Waals surface area contributed by atoms with E-state index in [-0.39, 0.29) is 11.8 Å². The van der Waals surface area contributed by atoms with Gasteiger partial charge in [0.15, 0.2) is 0 Å². The molecule has 0 unspecified atom stereocenters. The van der Waals surface area contributed by atoms with Crippen molar-refractivity contribution in [2.75, 3.05) is 6.54 Å². The van der Waals surface area contributed by atoms with Crippen molar-refractivity contribution in [1.82, 2.24) is 20.2 Å². The number of unbranched alkanes of at least 4 members (excludes halogenated alkanes) is 2. The van der Waals surface area contributed by atoms with Crippen LogP contribution in [0.4, 0.5) is 9.18 Å². The molecular formula is C17H23FN4O. The fourth-order valence-electron chi connectivity index (χ4n) is 2.40. The maximum absolute atomic E-state index is 14.2. The highest BCUT2D eigenvalue weighted by Gasteiger charge is 2.23. The molecule has 0 spiro atoms. The van der Waals surface area contributed by atoms with Gasteiger partial charge in [-0.25, -0.2) is 14.2 Å². The maximum Gasteiger partial charge on any atom is 0.315 e. The minimum Gasteiger partial charge on any atom is -0.338 e. The summed E-state index contributed by atoms with van der Waals surface area (Å²) in [5.41, 5.74) is 0.394. The highest BCUT2D eigenvalue weighted by molar-refractivity contribution is 5.74. The molecule has 0 aliphatic carbocycles. The van der Waals surface area contributed by atoms with Crippen LogP contribution in [-0.4, -0.2) is 22.1 Å². The van der Waals surface area contributed by atoms with E-state index in [9.17, 15) is 9.18 Å². The number of urea groups is 1. The Morgan fingerprint density at radius 1 is 1.35 bits per heavy atom. The number of halogens is 1. The average molecular weight is 318 g/mol. The predicted molar refractivity (Wildman–Crippen MR) is 87.5 cm³/mol. The number of nitrogens with one attached hydrogen (secondary N) is 2. The van der Waals surface area contributed by atoms with Gasteiger partial charge in [0.1, 0.15) is 17.7 Å². The molecule has 5 nitrogen and oxygen atoms in total.